The summed E-state index contributed by atoms with van der Waals surface area (Å²) in [5, 5.41) is 4.35. The molecule has 1 aliphatic heterocycles. The molecule has 25 heavy (non-hydrogen) atoms. The largest absolute Gasteiger partial charge is 0.379 e. The second-order valence-electron chi connectivity index (χ2n) is 7.67. The zero-order valence-electron chi connectivity index (χ0n) is 15.0. The normalized spacial score (nSPS) is 29.7. The Balaban J connectivity index is 1.42. The molecule has 2 fully saturated rings. The van der Waals surface area contributed by atoms with Crippen LogP contribution in [0.4, 0.5) is 0 Å². The average molecular weight is 341 g/mol. The van der Waals surface area contributed by atoms with Crippen LogP contribution in [0, 0.1) is 11.8 Å². The quantitative estimate of drug-likeness (QED) is 0.898. The maximum atomic E-state index is 11.5. The van der Waals surface area contributed by atoms with Gasteiger partial charge in [0.15, 0.2) is 0 Å². The summed E-state index contributed by atoms with van der Waals surface area (Å²) < 4.78 is 5.67. The van der Waals surface area contributed by atoms with Gasteiger partial charge in [0.05, 0.1) is 12.1 Å². The lowest BCUT2D eigenvalue weighted by Crippen LogP contribution is -2.49. The number of amides is 1. The summed E-state index contributed by atoms with van der Waals surface area (Å²) in [5.41, 5.74) is 2.56. The van der Waals surface area contributed by atoms with E-state index in [1.54, 1.807) is 14.0 Å². The minimum atomic E-state index is 0.0413. The van der Waals surface area contributed by atoms with E-state index in [0.717, 1.165) is 32.5 Å². The molecule has 1 saturated carbocycles. The van der Waals surface area contributed by atoms with E-state index >= 15 is 0 Å². The highest BCUT2D eigenvalue weighted by molar-refractivity contribution is 5.79. The van der Waals surface area contributed by atoms with Crippen molar-refractivity contribution in [3.8, 4) is 0 Å². The molecule has 4 rings (SSSR count). The molecule has 0 bridgehead atoms. The maximum Gasteiger partial charge on any atom is 0.217 e. The number of carbonyl (C=O) groups is 1. The first kappa shape index (κ1) is 16.6. The van der Waals surface area contributed by atoms with Crippen LogP contribution in [0.2, 0.25) is 0 Å². The highest BCUT2D eigenvalue weighted by Gasteiger charge is 2.42. The van der Waals surface area contributed by atoms with Gasteiger partial charge in [-0.3, -0.25) is 9.69 Å². The molecule has 5 nitrogen and oxygen atoms in total. The van der Waals surface area contributed by atoms with Crippen molar-refractivity contribution in [1.82, 2.24) is 15.2 Å². The third kappa shape index (κ3) is 3.44. The van der Waals surface area contributed by atoms with E-state index in [1.165, 1.54) is 16.5 Å². The van der Waals surface area contributed by atoms with Gasteiger partial charge in [0, 0.05) is 45.4 Å². The van der Waals surface area contributed by atoms with Gasteiger partial charge in [-0.25, -0.2) is 0 Å². The number of aromatic nitrogens is 1. The highest BCUT2D eigenvalue weighted by atomic mass is 16.5. The van der Waals surface area contributed by atoms with Gasteiger partial charge >= 0.3 is 0 Å². The topological polar surface area (TPSA) is 57.4 Å². The zero-order chi connectivity index (χ0) is 17.4. The number of hydrogen-bond acceptors (Lipinski definition) is 3. The summed E-state index contributed by atoms with van der Waals surface area (Å²) in [6.45, 7) is 4.82. The van der Waals surface area contributed by atoms with Gasteiger partial charge in [0.25, 0.3) is 0 Å². The van der Waals surface area contributed by atoms with Crippen LogP contribution >= 0.6 is 0 Å². The Hall–Kier alpha value is -1.85. The smallest absolute Gasteiger partial charge is 0.217 e. The van der Waals surface area contributed by atoms with Crippen LogP contribution < -0.4 is 5.32 Å². The molecule has 1 aromatic heterocycles. The molecular weight excluding hydrogens is 314 g/mol. The summed E-state index contributed by atoms with van der Waals surface area (Å²) in [7, 11) is 1.76. The number of benzene rings is 1. The fourth-order valence-electron chi connectivity index (χ4n) is 4.76. The SMILES string of the molecule is CO[C@@H]1C[C@H]2CN(Cc3ccc4cc[nH]c4c3)C[C@H]2C[C@H]1NC(C)=O. The Kier molecular flexibility index (Phi) is 4.52. The monoisotopic (exact) mass is 341 g/mol. The average Bonchev–Trinajstić information content (AvgIpc) is 3.18. The minimum Gasteiger partial charge on any atom is -0.379 e. The summed E-state index contributed by atoms with van der Waals surface area (Å²) in [6.07, 6.45) is 4.19. The van der Waals surface area contributed by atoms with E-state index in [-0.39, 0.29) is 18.1 Å². The molecule has 0 unspecified atom stereocenters. The second-order valence-corrected chi connectivity index (χ2v) is 7.67. The number of aromatic amines is 1. The van der Waals surface area contributed by atoms with Gasteiger partial charge in [-0.05, 0) is 47.8 Å². The molecule has 2 aromatic rings. The van der Waals surface area contributed by atoms with Crippen molar-refractivity contribution in [1.29, 1.82) is 0 Å². The number of nitrogens with one attached hydrogen (secondary N) is 2. The predicted molar refractivity (Wildman–Crippen MR) is 98.2 cm³/mol. The van der Waals surface area contributed by atoms with Gasteiger partial charge < -0.3 is 15.0 Å². The molecule has 2 N–H and O–H groups in total. The number of rotatable bonds is 4. The first-order valence-corrected chi connectivity index (χ1v) is 9.20. The Morgan fingerprint density at radius 2 is 2.08 bits per heavy atom. The molecule has 1 aromatic carbocycles. The molecule has 1 aliphatic carbocycles. The fourth-order valence-corrected chi connectivity index (χ4v) is 4.76. The van der Waals surface area contributed by atoms with Crippen molar-refractivity contribution in [2.24, 2.45) is 11.8 Å². The van der Waals surface area contributed by atoms with E-state index < -0.39 is 0 Å². The number of ether oxygens (including phenoxy) is 1. The lowest BCUT2D eigenvalue weighted by Gasteiger charge is -2.37. The fraction of sp³-hybridized carbons (Fsp3) is 0.550. The number of methoxy groups -OCH3 is 1. The maximum absolute atomic E-state index is 11.5. The van der Waals surface area contributed by atoms with Crippen molar-refractivity contribution in [2.75, 3.05) is 20.2 Å². The summed E-state index contributed by atoms with van der Waals surface area (Å²) in [6, 6.07) is 8.94. The number of H-pyrrole nitrogens is 1. The van der Waals surface area contributed by atoms with Crippen molar-refractivity contribution >= 4 is 16.8 Å². The Bertz CT molecular complexity index is 756. The van der Waals surface area contributed by atoms with Crippen molar-refractivity contribution in [2.45, 2.75) is 38.5 Å². The van der Waals surface area contributed by atoms with Crippen LogP contribution in [0.15, 0.2) is 30.5 Å². The van der Waals surface area contributed by atoms with E-state index in [4.69, 9.17) is 4.74 Å². The molecule has 5 heteroatoms. The first-order valence-electron chi connectivity index (χ1n) is 9.20. The number of hydrogen-bond donors (Lipinski definition) is 2. The van der Waals surface area contributed by atoms with E-state index in [9.17, 15) is 4.79 Å². The van der Waals surface area contributed by atoms with Crippen LogP contribution in [0.3, 0.4) is 0 Å². The lowest BCUT2D eigenvalue weighted by molar-refractivity contribution is -0.121. The summed E-state index contributed by atoms with van der Waals surface area (Å²) in [4.78, 5) is 17.3. The molecule has 134 valence electrons. The van der Waals surface area contributed by atoms with Gasteiger partial charge in [0.2, 0.25) is 5.91 Å². The van der Waals surface area contributed by atoms with E-state index in [0.29, 0.717) is 11.8 Å². The molecule has 0 spiro atoms. The lowest BCUT2D eigenvalue weighted by atomic mass is 9.77. The number of nitrogens with zero attached hydrogens (tertiary/aromatic N) is 1. The predicted octanol–water partition coefficient (Wildman–Crippen LogP) is 2.53. The Labute approximate surface area is 148 Å². The van der Waals surface area contributed by atoms with Gasteiger partial charge in [-0.1, -0.05) is 12.1 Å². The van der Waals surface area contributed by atoms with Gasteiger partial charge in [-0.2, -0.15) is 0 Å². The van der Waals surface area contributed by atoms with Crippen molar-refractivity contribution in [3.63, 3.8) is 0 Å². The summed E-state index contributed by atoms with van der Waals surface area (Å²) >= 11 is 0. The molecule has 2 aliphatic rings. The van der Waals surface area contributed by atoms with E-state index in [2.05, 4.69) is 39.5 Å². The zero-order valence-corrected chi connectivity index (χ0v) is 15.0. The molecule has 1 amide bonds. The summed E-state index contributed by atoms with van der Waals surface area (Å²) in [5.74, 6) is 1.36. The van der Waals surface area contributed by atoms with Crippen molar-refractivity contribution < 1.29 is 9.53 Å². The van der Waals surface area contributed by atoms with Gasteiger partial charge in [-0.15, -0.1) is 0 Å². The molecule has 1 saturated heterocycles. The van der Waals surface area contributed by atoms with Crippen LogP contribution in [0.5, 0.6) is 0 Å². The number of carbonyl (C=O) groups excluding carboxylic acids is 1. The molecule has 4 atom stereocenters. The van der Waals surface area contributed by atoms with Crippen LogP contribution in [-0.4, -0.2) is 48.1 Å². The first-order chi connectivity index (χ1) is 12.1. The minimum absolute atomic E-state index is 0.0413. The molecule has 2 heterocycles. The van der Waals surface area contributed by atoms with Gasteiger partial charge in [0.1, 0.15) is 0 Å². The van der Waals surface area contributed by atoms with Crippen LogP contribution in [-0.2, 0) is 16.1 Å². The number of fused-ring (bicyclic) bond motifs is 2. The third-order valence-corrected chi connectivity index (χ3v) is 5.91. The Morgan fingerprint density at radius 1 is 1.28 bits per heavy atom. The third-order valence-electron chi connectivity index (χ3n) is 5.91. The van der Waals surface area contributed by atoms with Crippen LogP contribution in [0.1, 0.15) is 25.3 Å². The molecule has 0 radical (unpaired) electrons. The number of likely N-dealkylation sites (tertiary alicyclic amines) is 1. The van der Waals surface area contributed by atoms with Crippen LogP contribution in [0.25, 0.3) is 10.9 Å². The van der Waals surface area contributed by atoms with E-state index in [1.807, 2.05) is 6.20 Å². The van der Waals surface area contributed by atoms with Crippen molar-refractivity contribution in [3.05, 3.63) is 36.0 Å². The highest BCUT2D eigenvalue weighted by Crippen LogP contribution is 2.38. The standard InChI is InChI=1S/C20H27N3O2/c1-13(24)22-19-8-16-11-23(12-17(16)9-20(19)25-2)10-14-3-4-15-5-6-21-18(15)7-14/h3-7,16-17,19-21H,8-12H2,1-2H3,(H,22,24)/t16-,17+,19-,20-/m1/s1. The Morgan fingerprint density at radius 3 is 2.84 bits per heavy atom. The second kappa shape index (κ2) is 6.81. The molecular formula is C20H27N3O2.